The molecular weight excluding hydrogens is 229 g/mol. The topological polar surface area (TPSA) is 46.2 Å². The lowest BCUT2D eigenvalue weighted by Crippen LogP contribution is -1.99. The zero-order valence-electron chi connectivity index (χ0n) is 8.69. The maximum absolute atomic E-state index is 11.4. The lowest BCUT2D eigenvalue weighted by Gasteiger charge is -2.02. The van der Waals surface area contributed by atoms with E-state index < -0.39 is 9.84 Å². The molecule has 0 aliphatic heterocycles. The summed E-state index contributed by atoms with van der Waals surface area (Å²) in [5.41, 5.74) is 0.714. The Morgan fingerprint density at radius 2 is 2.00 bits per heavy atom. The summed E-state index contributed by atoms with van der Waals surface area (Å²) in [4.78, 5) is 0.363. The van der Waals surface area contributed by atoms with Crippen LogP contribution in [-0.4, -0.2) is 21.3 Å². The molecule has 0 heterocycles. The molecule has 0 fully saturated rings. The van der Waals surface area contributed by atoms with Crippen molar-refractivity contribution in [1.82, 2.24) is 5.09 Å². The van der Waals surface area contributed by atoms with E-state index in [1.165, 1.54) is 6.26 Å². The quantitative estimate of drug-likeness (QED) is 0.821. The number of sulfone groups is 1. The molecule has 82 valence electrons. The highest BCUT2D eigenvalue weighted by atomic mass is 32.2. The van der Waals surface area contributed by atoms with Gasteiger partial charge in [0.2, 0.25) is 0 Å². The van der Waals surface area contributed by atoms with E-state index in [9.17, 15) is 8.42 Å². The van der Waals surface area contributed by atoms with Gasteiger partial charge in [-0.2, -0.15) is 0 Å². The number of benzene rings is 1. The van der Waals surface area contributed by atoms with E-state index in [1.54, 1.807) is 30.5 Å². The van der Waals surface area contributed by atoms with Gasteiger partial charge >= 0.3 is 0 Å². The average molecular weight is 243 g/mol. The summed E-state index contributed by atoms with van der Waals surface area (Å²) in [6, 6.07) is 6.95. The molecule has 1 rings (SSSR count). The lowest BCUT2D eigenvalue weighted by atomic mass is 10.2. The van der Waals surface area contributed by atoms with Crippen molar-refractivity contribution in [3.8, 4) is 0 Å². The minimum atomic E-state index is -3.15. The molecule has 1 aromatic carbocycles. The van der Waals surface area contributed by atoms with Gasteiger partial charge in [0.25, 0.3) is 0 Å². The molecule has 0 saturated heterocycles. The van der Waals surface area contributed by atoms with Gasteiger partial charge in [-0.3, -0.25) is 0 Å². The van der Waals surface area contributed by atoms with Gasteiger partial charge in [0.1, 0.15) is 0 Å². The van der Waals surface area contributed by atoms with Crippen LogP contribution in [0.5, 0.6) is 0 Å². The summed E-state index contributed by atoms with van der Waals surface area (Å²) >= 11 is 0. The zero-order valence-corrected chi connectivity index (χ0v) is 10.5. The van der Waals surface area contributed by atoms with Gasteiger partial charge in [-0.25, -0.2) is 8.42 Å². The van der Waals surface area contributed by atoms with Gasteiger partial charge in [-0.15, -0.1) is 0 Å². The molecule has 3 nitrogen and oxygen atoms in total. The van der Waals surface area contributed by atoms with Crippen LogP contribution in [0.2, 0.25) is 0 Å². The van der Waals surface area contributed by atoms with Gasteiger partial charge in [0, 0.05) is 12.5 Å². The molecular formula is C10H14NO2PS. The highest BCUT2D eigenvalue weighted by Gasteiger charge is 2.09. The van der Waals surface area contributed by atoms with E-state index in [-0.39, 0.29) is 0 Å². The summed E-state index contributed by atoms with van der Waals surface area (Å²) in [6.45, 7) is 2.01. The Morgan fingerprint density at radius 1 is 1.33 bits per heavy atom. The predicted molar refractivity (Wildman–Crippen MR) is 66.0 cm³/mol. The molecule has 0 saturated carbocycles. The maximum atomic E-state index is 11.4. The van der Waals surface area contributed by atoms with Crippen molar-refractivity contribution in [2.75, 3.05) is 12.9 Å². The molecule has 0 amide bonds. The van der Waals surface area contributed by atoms with Crippen molar-refractivity contribution in [3.05, 3.63) is 36.0 Å². The van der Waals surface area contributed by atoms with E-state index >= 15 is 0 Å². The van der Waals surface area contributed by atoms with Crippen molar-refractivity contribution in [2.24, 2.45) is 0 Å². The molecule has 5 heteroatoms. The van der Waals surface area contributed by atoms with Gasteiger partial charge < -0.3 is 5.09 Å². The van der Waals surface area contributed by atoms with Crippen LogP contribution in [0, 0.1) is 0 Å². The molecule has 0 aliphatic rings. The van der Waals surface area contributed by atoms with Crippen molar-refractivity contribution >= 4 is 24.6 Å². The standard InChI is InChI=1S/C10H14NO2PS/c1-14-11-8-7-9-5-3-4-6-10(9)15(2,12)13/h3-8,11,14H,1-2H3/b8-7-. The van der Waals surface area contributed by atoms with Crippen LogP contribution in [0.1, 0.15) is 5.56 Å². The minimum absolute atomic E-state index is 0.363. The smallest absolute Gasteiger partial charge is 0.176 e. The molecule has 1 N–H and O–H groups in total. The molecule has 0 aliphatic carbocycles. The second kappa shape index (κ2) is 5.29. The summed E-state index contributed by atoms with van der Waals surface area (Å²) in [6.07, 6.45) is 4.75. The second-order valence-electron chi connectivity index (χ2n) is 3.04. The van der Waals surface area contributed by atoms with Gasteiger partial charge in [0.05, 0.1) is 4.90 Å². The molecule has 0 radical (unpaired) electrons. The Balaban J connectivity index is 3.08. The van der Waals surface area contributed by atoms with Crippen LogP contribution in [0.4, 0.5) is 0 Å². The Labute approximate surface area is 92.3 Å². The second-order valence-corrected chi connectivity index (χ2v) is 5.81. The molecule has 1 unspecified atom stereocenters. The van der Waals surface area contributed by atoms with Crippen molar-refractivity contribution in [2.45, 2.75) is 4.90 Å². The first-order valence-electron chi connectivity index (χ1n) is 4.43. The van der Waals surface area contributed by atoms with E-state index in [0.29, 0.717) is 19.2 Å². The van der Waals surface area contributed by atoms with Crippen molar-refractivity contribution in [1.29, 1.82) is 0 Å². The monoisotopic (exact) mass is 243 g/mol. The van der Waals surface area contributed by atoms with E-state index in [0.717, 1.165) is 0 Å². The number of rotatable bonds is 4. The number of nitrogens with one attached hydrogen (secondary N) is 1. The van der Waals surface area contributed by atoms with Gasteiger partial charge in [-0.05, 0) is 33.1 Å². The Bertz CT molecular complexity index is 454. The number of hydrogen-bond acceptors (Lipinski definition) is 3. The van der Waals surface area contributed by atoms with Crippen LogP contribution >= 0.6 is 8.73 Å². The molecule has 0 bridgehead atoms. The first-order chi connectivity index (χ1) is 7.05. The van der Waals surface area contributed by atoms with Gasteiger partial charge in [0.15, 0.2) is 9.84 Å². The van der Waals surface area contributed by atoms with Crippen LogP contribution in [0.15, 0.2) is 35.4 Å². The summed E-state index contributed by atoms with van der Waals surface area (Å²) < 4.78 is 22.9. The number of hydrogen-bond donors (Lipinski definition) is 1. The third kappa shape index (κ3) is 3.65. The van der Waals surface area contributed by atoms with Gasteiger partial charge in [-0.1, -0.05) is 18.2 Å². The zero-order chi connectivity index (χ0) is 11.3. The minimum Gasteiger partial charge on any atom is -0.373 e. The Morgan fingerprint density at radius 3 is 2.60 bits per heavy atom. The third-order valence-corrected chi connectivity index (χ3v) is 3.44. The van der Waals surface area contributed by atoms with Crippen LogP contribution in [-0.2, 0) is 9.84 Å². The fraction of sp³-hybridized carbons (Fsp3) is 0.200. The molecule has 1 atom stereocenters. The summed E-state index contributed by atoms with van der Waals surface area (Å²) in [7, 11) is -2.54. The summed E-state index contributed by atoms with van der Waals surface area (Å²) in [5.74, 6) is 0. The fourth-order valence-electron chi connectivity index (χ4n) is 1.17. The normalized spacial score (nSPS) is 12.7. The molecule has 0 aromatic heterocycles. The average Bonchev–Trinajstić information content (AvgIpc) is 2.17. The SMILES string of the molecule is CPN/C=C\c1ccccc1S(C)(=O)=O. The molecule has 0 spiro atoms. The first-order valence-corrected chi connectivity index (χ1v) is 7.83. The first kappa shape index (κ1) is 12.2. The van der Waals surface area contributed by atoms with Crippen molar-refractivity contribution < 1.29 is 8.42 Å². The lowest BCUT2D eigenvalue weighted by molar-refractivity contribution is 0.601. The van der Waals surface area contributed by atoms with E-state index in [1.807, 2.05) is 12.7 Å². The van der Waals surface area contributed by atoms with Crippen LogP contribution in [0.25, 0.3) is 6.08 Å². The van der Waals surface area contributed by atoms with Crippen molar-refractivity contribution in [3.63, 3.8) is 0 Å². The molecule has 1 aromatic rings. The predicted octanol–water partition coefficient (Wildman–Crippen LogP) is 1.87. The maximum Gasteiger partial charge on any atom is 0.176 e. The highest BCUT2D eigenvalue weighted by Crippen LogP contribution is 2.16. The highest BCUT2D eigenvalue weighted by molar-refractivity contribution is 7.90. The Kier molecular flexibility index (Phi) is 4.30. The third-order valence-electron chi connectivity index (χ3n) is 1.81. The van der Waals surface area contributed by atoms with E-state index in [2.05, 4.69) is 5.09 Å². The Hall–Kier alpha value is -0.860. The van der Waals surface area contributed by atoms with E-state index in [4.69, 9.17) is 0 Å². The van der Waals surface area contributed by atoms with Crippen LogP contribution in [0.3, 0.4) is 0 Å². The fourth-order valence-corrected chi connectivity index (χ4v) is 2.31. The molecule has 15 heavy (non-hydrogen) atoms. The largest absolute Gasteiger partial charge is 0.373 e. The van der Waals surface area contributed by atoms with Crippen LogP contribution < -0.4 is 5.09 Å². The summed E-state index contributed by atoms with van der Waals surface area (Å²) in [5, 5.41) is 3.03.